The highest BCUT2D eigenvalue weighted by molar-refractivity contribution is 5.81. The highest BCUT2D eigenvalue weighted by atomic mass is 16.5. The van der Waals surface area contributed by atoms with Gasteiger partial charge in [-0.15, -0.1) is 0 Å². The number of hydrogen-bond donors (Lipinski definition) is 1. The molecule has 1 aromatic heterocycles. The van der Waals surface area contributed by atoms with Gasteiger partial charge in [0.1, 0.15) is 0 Å². The molecule has 1 aromatic carbocycles. The number of carbonyl (C=O) groups excluding carboxylic acids is 1. The summed E-state index contributed by atoms with van der Waals surface area (Å²) in [6, 6.07) is 7.40. The molecular formula is C17H24N4O2. The molecule has 23 heavy (non-hydrogen) atoms. The summed E-state index contributed by atoms with van der Waals surface area (Å²) in [5, 5.41) is 3.98. The Labute approximate surface area is 136 Å². The highest BCUT2D eigenvalue weighted by Gasteiger charge is 2.20. The number of likely N-dealkylation sites (N-methyl/N-ethyl adjacent to an activating group) is 1. The van der Waals surface area contributed by atoms with Gasteiger partial charge in [0.05, 0.1) is 12.6 Å². The Morgan fingerprint density at radius 1 is 1.43 bits per heavy atom. The van der Waals surface area contributed by atoms with Gasteiger partial charge in [0.2, 0.25) is 17.6 Å². The van der Waals surface area contributed by atoms with Crippen molar-refractivity contribution in [3.05, 3.63) is 35.7 Å². The van der Waals surface area contributed by atoms with Crippen LogP contribution in [0.1, 0.15) is 37.6 Å². The van der Waals surface area contributed by atoms with Crippen molar-refractivity contribution >= 4 is 5.91 Å². The normalized spacial score (nSPS) is 12.2. The van der Waals surface area contributed by atoms with Gasteiger partial charge < -0.3 is 15.2 Å². The minimum atomic E-state index is -0.473. The Morgan fingerprint density at radius 2 is 2.22 bits per heavy atom. The van der Waals surface area contributed by atoms with Crippen LogP contribution in [0.4, 0.5) is 0 Å². The van der Waals surface area contributed by atoms with Gasteiger partial charge in [-0.1, -0.05) is 48.7 Å². The molecule has 0 saturated heterocycles. The third-order valence-electron chi connectivity index (χ3n) is 3.68. The van der Waals surface area contributed by atoms with Crippen molar-refractivity contribution in [2.24, 2.45) is 5.73 Å². The predicted octanol–water partition coefficient (Wildman–Crippen LogP) is 2.52. The number of rotatable bonds is 7. The van der Waals surface area contributed by atoms with Crippen molar-refractivity contribution < 1.29 is 9.32 Å². The molecule has 124 valence electrons. The molecule has 0 radical (unpaired) electrons. The number of benzene rings is 1. The molecule has 2 aromatic rings. The Hall–Kier alpha value is -2.21. The van der Waals surface area contributed by atoms with Crippen LogP contribution in [0.5, 0.6) is 0 Å². The Bertz CT molecular complexity index is 654. The lowest BCUT2D eigenvalue weighted by atomic mass is 10.1. The summed E-state index contributed by atoms with van der Waals surface area (Å²) in [5.74, 6) is 0.827. The summed E-state index contributed by atoms with van der Waals surface area (Å²) in [4.78, 5) is 18.1. The van der Waals surface area contributed by atoms with E-state index in [0.29, 0.717) is 18.1 Å². The van der Waals surface area contributed by atoms with Gasteiger partial charge in [-0.05, 0) is 19.4 Å². The third-order valence-corrected chi connectivity index (χ3v) is 3.68. The summed E-state index contributed by atoms with van der Waals surface area (Å²) in [6.45, 7) is 4.35. The maximum Gasteiger partial charge on any atom is 0.246 e. The van der Waals surface area contributed by atoms with E-state index in [1.165, 1.54) is 4.90 Å². The van der Waals surface area contributed by atoms with Gasteiger partial charge in [0.25, 0.3) is 0 Å². The molecule has 0 bridgehead atoms. The first-order chi connectivity index (χ1) is 11.0. The maximum atomic E-state index is 12.2. The molecule has 2 rings (SSSR count). The molecule has 0 unspecified atom stereocenters. The summed E-state index contributed by atoms with van der Waals surface area (Å²) < 4.78 is 5.24. The number of hydrogen-bond acceptors (Lipinski definition) is 5. The molecular weight excluding hydrogens is 292 g/mol. The SMILES string of the molecule is CCCC[C@H](N)C(=O)N(C)Cc1nc(-c2cccc(C)c2)no1. The zero-order chi connectivity index (χ0) is 16.8. The summed E-state index contributed by atoms with van der Waals surface area (Å²) in [7, 11) is 1.70. The zero-order valence-corrected chi connectivity index (χ0v) is 14.0. The summed E-state index contributed by atoms with van der Waals surface area (Å²) in [5.41, 5.74) is 7.94. The number of nitrogens with two attached hydrogens (primary N) is 1. The van der Waals surface area contributed by atoms with Gasteiger partial charge >= 0.3 is 0 Å². The van der Waals surface area contributed by atoms with Crippen LogP contribution in [0.3, 0.4) is 0 Å². The third kappa shape index (κ3) is 4.63. The van der Waals surface area contributed by atoms with E-state index in [4.69, 9.17) is 10.3 Å². The summed E-state index contributed by atoms with van der Waals surface area (Å²) in [6.07, 6.45) is 2.66. The first kappa shape index (κ1) is 17.1. The highest BCUT2D eigenvalue weighted by Crippen LogP contribution is 2.17. The van der Waals surface area contributed by atoms with E-state index in [2.05, 4.69) is 17.1 Å². The number of amides is 1. The maximum absolute atomic E-state index is 12.2. The van der Waals surface area contributed by atoms with Crippen LogP contribution in [0.25, 0.3) is 11.4 Å². The average molecular weight is 316 g/mol. The standard InChI is InChI=1S/C17H24N4O2/c1-4-5-9-14(18)17(22)21(3)11-15-19-16(20-23-15)13-8-6-7-12(2)10-13/h6-8,10,14H,4-5,9,11,18H2,1-3H3/t14-/m0/s1. The van der Waals surface area contributed by atoms with Gasteiger partial charge in [-0.2, -0.15) is 4.98 Å². The van der Waals surface area contributed by atoms with Crippen LogP contribution in [0.2, 0.25) is 0 Å². The minimum absolute atomic E-state index is 0.103. The number of nitrogens with zero attached hydrogens (tertiary/aromatic N) is 3. The average Bonchev–Trinajstić information content (AvgIpc) is 3.00. The number of unbranched alkanes of at least 4 members (excludes halogenated alkanes) is 1. The number of carbonyl (C=O) groups is 1. The largest absolute Gasteiger partial charge is 0.337 e. The molecule has 1 atom stereocenters. The van der Waals surface area contributed by atoms with Crippen LogP contribution in [0.15, 0.2) is 28.8 Å². The van der Waals surface area contributed by atoms with Crippen molar-refractivity contribution in [2.75, 3.05) is 7.05 Å². The van der Waals surface area contributed by atoms with Crippen molar-refractivity contribution in [1.82, 2.24) is 15.0 Å². The fourth-order valence-corrected chi connectivity index (χ4v) is 2.33. The monoisotopic (exact) mass is 316 g/mol. The van der Waals surface area contributed by atoms with Crippen LogP contribution in [-0.2, 0) is 11.3 Å². The lowest BCUT2D eigenvalue weighted by Crippen LogP contribution is -2.41. The molecule has 0 spiro atoms. The second kappa shape index (κ2) is 7.87. The lowest BCUT2D eigenvalue weighted by molar-refractivity contribution is -0.132. The van der Waals surface area contributed by atoms with Gasteiger partial charge in [0.15, 0.2) is 0 Å². The van der Waals surface area contributed by atoms with Crippen LogP contribution in [0, 0.1) is 6.92 Å². The molecule has 6 heteroatoms. The topological polar surface area (TPSA) is 85.3 Å². The molecule has 2 N–H and O–H groups in total. The van der Waals surface area contributed by atoms with Gasteiger partial charge in [-0.3, -0.25) is 4.79 Å². The minimum Gasteiger partial charge on any atom is -0.337 e. The van der Waals surface area contributed by atoms with E-state index in [1.54, 1.807) is 7.05 Å². The predicted molar refractivity (Wildman–Crippen MR) is 88.4 cm³/mol. The van der Waals surface area contributed by atoms with Crippen molar-refractivity contribution in [3.63, 3.8) is 0 Å². The second-order valence-corrected chi connectivity index (χ2v) is 5.82. The van der Waals surface area contributed by atoms with E-state index in [-0.39, 0.29) is 12.5 Å². The Morgan fingerprint density at radius 3 is 2.91 bits per heavy atom. The zero-order valence-electron chi connectivity index (χ0n) is 14.0. The molecule has 0 aliphatic rings. The van der Waals surface area contributed by atoms with E-state index in [1.807, 2.05) is 31.2 Å². The summed E-state index contributed by atoms with van der Waals surface area (Å²) >= 11 is 0. The van der Waals surface area contributed by atoms with Crippen molar-refractivity contribution in [1.29, 1.82) is 0 Å². The molecule has 0 aliphatic heterocycles. The number of aryl methyl sites for hydroxylation is 1. The van der Waals surface area contributed by atoms with Crippen molar-refractivity contribution in [2.45, 2.75) is 45.7 Å². The fourth-order valence-electron chi connectivity index (χ4n) is 2.33. The van der Waals surface area contributed by atoms with Crippen LogP contribution in [-0.4, -0.2) is 34.0 Å². The van der Waals surface area contributed by atoms with E-state index in [9.17, 15) is 4.79 Å². The molecule has 6 nitrogen and oxygen atoms in total. The van der Waals surface area contributed by atoms with Crippen molar-refractivity contribution in [3.8, 4) is 11.4 Å². The Kier molecular flexibility index (Phi) is 5.87. The molecule has 0 aliphatic carbocycles. The van der Waals surface area contributed by atoms with E-state index >= 15 is 0 Å². The quantitative estimate of drug-likeness (QED) is 0.848. The molecule has 1 heterocycles. The van der Waals surface area contributed by atoms with E-state index < -0.39 is 6.04 Å². The fraction of sp³-hybridized carbons (Fsp3) is 0.471. The smallest absolute Gasteiger partial charge is 0.246 e. The Balaban J connectivity index is 2.00. The van der Waals surface area contributed by atoms with Gasteiger partial charge in [-0.25, -0.2) is 0 Å². The molecule has 0 fully saturated rings. The van der Waals surface area contributed by atoms with Gasteiger partial charge in [0, 0.05) is 12.6 Å². The molecule has 1 amide bonds. The second-order valence-electron chi connectivity index (χ2n) is 5.82. The van der Waals surface area contributed by atoms with Crippen LogP contribution >= 0.6 is 0 Å². The molecule has 0 saturated carbocycles. The van der Waals surface area contributed by atoms with E-state index in [0.717, 1.165) is 24.0 Å². The first-order valence-electron chi connectivity index (χ1n) is 7.91. The first-order valence-corrected chi connectivity index (χ1v) is 7.91. The lowest BCUT2D eigenvalue weighted by Gasteiger charge is -2.19. The number of aromatic nitrogens is 2. The van der Waals surface area contributed by atoms with Crippen LogP contribution < -0.4 is 5.73 Å².